The average Bonchev–Trinajstić information content (AvgIpc) is 3.27. The van der Waals surface area contributed by atoms with Gasteiger partial charge in [0.15, 0.2) is 0 Å². The van der Waals surface area contributed by atoms with Gasteiger partial charge in [0.1, 0.15) is 0 Å². The van der Waals surface area contributed by atoms with Gasteiger partial charge in [0.25, 0.3) is 0 Å². The summed E-state index contributed by atoms with van der Waals surface area (Å²) in [6, 6.07) is 81.3. The van der Waals surface area contributed by atoms with E-state index in [0.29, 0.717) is 0 Å². The number of hydrogen-bond donors (Lipinski definition) is 0. The summed E-state index contributed by atoms with van der Waals surface area (Å²) in [7, 11) is 0. The van der Waals surface area contributed by atoms with E-state index in [9.17, 15) is 0 Å². The van der Waals surface area contributed by atoms with Crippen LogP contribution in [0.1, 0.15) is 0 Å². The highest BCUT2D eigenvalue weighted by Gasteiger charge is 2.17. The van der Waals surface area contributed by atoms with Crippen LogP contribution in [0.3, 0.4) is 0 Å². The zero-order chi connectivity index (χ0) is 36.6. The van der Waals surface area contributed by atoms with Gasteiger partial charge in [0.05, 0.1) is 5.69 Å². The molecular weight excluding hydrogens is 663 g/mol. The zero-order valence-electron chi connectivity index (χ0n) is 30.3. The molecule has 1 nitrogen and oxygen atoms in total. The third-order valence-electron chi connectivity index (χ3n) is 10.9. The Morgan fingerprint density at radius 2 is 0.691 bits per heavy atom. The monoisotopic (exact) mass is 699 g/mol. The first kappa shape index (κ1) is 32.4. The van der Waals surface area contributed by atoms with Crippen molar-refractivity contribution in [1.29, 1.82) is 0 Å². The first-order chi connectivity index (χ1) is 27.3. The molecule has 0 aliphatic rings. The van der Waals surface area contributed by atoms with Crippen LogP contribution in [0.2, 0.25) is 0 Å². The van der Waals surface area contributed by atoms with Crippen LogP contribution in [0.15, 0.2) is 224 Å². The Morgan fingerprint density at radius 1 is 0.236 bits per heavy atom. The van der Waals surface area contributed by atoms with Crippen LogP contribution in [-0.2, 0) is 0 Å². The second kappa shape index (κ2) is 14.0. The Bertz CT molecular complexity index is 2930. The maximum atomic E-state index is 2.39. The topological polar surface area (TPSA) is 3.24 Å². The molecule has 10 aromatic carbocycles. The highest BCUT2D eigenvalue weighted by molar-refractivity contribution is 6.21. The molecule has 0 radical (unpaired) electrons. The van der Waals surface area contributed by atoms with Gasteiger partial charge in [-0.3, -0.25) is 0 Å². The molecule has 0 aliphatic heterocycles. The maximum Gasteiger partial charge on any atom is 0.0540 e. The number of anilines is 3. The summed E-state index contributed by atoms with van der Waals surface area (Å²) in [5.41, 5.74) is 13.0. The fourth-order valence-corrected chi connectivity index (χ4v) is 8.13. The van der Waals surface area contributed by atoms with Crippen molar-refractivity contribution in [2.24, 2.45) is 0 Å². The SMILES string of the molecule is c1ccc(-c2ccc(-c3ccccc3N(c3ccccc3)c3ccc(-c4ccc(-c5cc6c7ccccc7ccc6c6ccccc56)cc4)cc3)cc2)cc1. The zero-order valence-corrected chi connectivity index (χ0v) is 30.3. The van der Waals surface area contributed by atoms with Crippen LogP contribution in [0.25, 0.3) is 76.8 Å². The summed E-state index contributed by atoms with van der Waals surface area (Å²) < 4.78 is 0. The second-order valence-corrected chi connectivity index (χ2v) is 14.1. The molecule has 1 heteroatoms. The smallest absolute Gasteiger partial charge is 0.0540 e. The molecule has 0 bridgehead atoms. The van der Waals surface area contributed by atoms with Gasteiger partial charge in [0, 0.05) is 16.9 Å². The summed E-state index contributed by atoms with van der Waals surface area (Å²) in [5.74, 6) is 0. The molecule has 10 rings (SSSR count). The number of fused-ring (bicyclic) bond motifs is 5. The molecule has 0 N–H and O–H groups in total. The molecule has 0 heterocycles. The molecule has 0 spiro atoms. The van der Waals surface area contributed by atoms with E-state index in [-0.39, 0.29) is 0 Å². The lowest BCUT2D eigenvalue weighted by molar-refractivity contribution is 1.28. The van der Waals surface area contributed by atoms with Crippen molar-refractivity contribution in [3.05, 3.63) is 224 Å². The fraction of sp³-hybridized carbons (Fsp3) is 0. The van der Waals surface area contributed by atoms with Gasteiger partial charge in [0.2, 0.25) is 0 Å². The minimum atomic E-state index is 1.11. The van der Waals surface area contributed by atoms with Gasteiger partial charge < -0.3 is 4.90 Å². The molecular formula is C54H37N. The minimum absolute atomic E-state index is 1.11. The van der Waals surface area contributed by atoms with E-state index in [1.165, 1.54) is 76.8 Å². The van der Waals surface area contributed by atoms with E-state index < -0.39 is 0 Å². The van der Waals surface area contributed by atoms with Crippen molar-refractivity contribution in [3.63, 3.8) is 0 Å². The van der Waals surface area contributed by atoms with Gasteiger partial charge in [-0.1, -0.05) is 188 Å². The molecule has 0 aromatic heterocycles. The number of para-hydroxylation sites is 2. The first-order valence-corrected chi connectivity index (χ1v) is 18.9. The van der Waals surface area contributed by atoms with Crippen LogP contribution < -0.4 is 4.90 Å². The maximum absolute atomic E-state index is 2.39. The van der Waals surface area contributed by atoms with E-state index in [2.05, 4.69) is 229 Å². The highest BCUT2D eigenvalue weighted by atomic mass is 15.1. The Labute approximate surface area is 322 Å². The minimum Gasteiger partial charge on any atom is -0.310 e. The number of nitrogens with zero attached hydrogens (tertiary/aromatic N) is 1. The highest BCUT2D eigenvalue weighted by Crippen LogP contribution is 2.42. The lowest BCUT2D eigenvalue weighted by atomic mass is 9.90. The quantitative estimate of drug-likeness (QED) is 0.150. The van der Waals surface area contributed by atoms with Crippen molar-refractivity contribution in [3.8, 4) is 44.5 Å². The summed E-state index contributed by atoms with van der Waals surface area (Å²) in [6.07, 6.45) is 0. The van der Waals surface area contributed by atoms with Crippen LogP contribution in [-0.4, -0.2) is 0 Å². The Balaban J connectivity index is 1.00. The third-order valence-corrected chi connectivity index (χ3v) is 10.9. The fourth-order valence-electron chi connectivity index (χ4n) is 8.13. The molecule has 0 saturated carbocycles. The predicted octanol–water partition coefficient (Wildman–Crippen LogP) is 15.3. The van der Waals surface area contributed by atoms with Crippen molar-refractivity contribution in [2.45, 2.75) is 0 Å². The van der Waals surface area contributed by atoms with Crippen molar-refractivity contribution < 1.29 is 0 Å². The third kappa shape index (κ3) is 6.02. The molecule has 0 aliphatic carbocycles. The second-order valence-electron chi connectivity index (χ2n) is 14.1. The summed E-state index contributed by atoms with van der Waals surface area (Å²) >= 11 is 0. The van der Waals surface area contributed by atoms with Crippen LogP contribution >= 0.6 is 0 Å². The average molecular weight is 700 g/mol. The Kier molecular flexibility index (Phi) is 8.24. The van der Waals surface area contributed by atoms with E-state index in [1.54, 1.807) is 0 Å². The predicted molar refractivity (Wildman–Crippen MR) is 235 cm³/mol. The van der Waals surface area contributed by atoms with Crippen molar-refractivity contribution >= 4 is 49.4 Å². The summed E-state index contributed by atoms with van der Waals surface area (Å²) in [4.78, 5) is 2.36. The normalized spacial score (nSPS) is 11.3. The molecule has 0 fully saturated rings. The molecule has 0 amide bonds. The number of rotatable bonds is 7. The van der Waals surface area contributed by atoms with Gasteiger partial charge in [-0.15, -0.1) is 0 Å². The molecule has 0 atom stereocenters. The van der Waals surface area contributed by atoms with E-state index >= 15 is 0 Å². The van der Waals surface area contributed by atoms with Crippen molar-refractivity contribution in [1.82, 2.24) is 0 Å². The van der Waals surface area contributed by atoms with E-state index in [0.717, 1.165) is 17.1 Å². The Morgan fingerprint density at radius 3 is 1.38 bits per heavy atom. The van der Waals surface area contributed by atoms with Gasteiger partial charge in [-0.25, -0.2) is 0 Å². The van der Waals surface area contributed by atoms with E-state index in [4.69, 9.17) is 0 Å². The van der Waals surface area contributed by atoms with Crippen LogP contribution in [0, 0.1) is 0 Å². The van der Waals surface area contributed by atoms with Gasteiger partial charge in [-0.2, -0.15) is 0 Å². The van der Waals surface area contributed by atoms with Gasteiger partial charge >= 0.3 is 0 Å². The van der Waals surface area contributed by atoms with Gasteiger partial charge in [-0.05, 0) is 108 Å². The molecule has 55 heavy (non-hydrogen) atoms. The van der Waals surface area contributed by atoms with Crippen LogP contribution in [0.5, 0.6) is 0 Å². The first-order valence-electron chi connectivity index (χ1n) is 18.9. The molecule has 0 unspecified atom stereocenters. The lowest BCUT2D eigenvalue weighted by Gasteiger charge is -2.28. The van der Waals surface area contributed by atoms with E-state index in [1.807, 2.05) is 0 Å². The standard InChI is InChI=1S/C54H37N/c1-3-13-38(14-4-1)39-23-27-43(28-24-39)48-19-11-12-22-54(48)55(45-16-5-2-6-17-45)46-34-31-41(32-35-46)40-25-29-44(30-26-40)52-37-53-47-18-8-7-15-42(47)33-36-51(53)49-20-9-10-21-50(49)52/h1-37H. The lowest BCUT2D eigenvalue weighted by Crippen LogP contribution is -2.11. The molecule has 0 saturated heterocycles. The van der Waals surface area contributed by atoms with Crippen molar-refractivity contribution in [2.75, 3.05) is 4.90 Å². The number of benzene rings is 10. The van der Waals surface area contributed by atoms with Crippen LogP contribution in [0.4, 0.5) is 17.1 Å². The summed E-state index contributed by atoms with van der Waals surface area (Å²) in [5, 5.41) is 7.70. The molecule has 10 aromatic rings. The number of hydrogen-bond acceptors (Lipinski definition) is 1. The Hall–Kier alpha value is -7.22. The summed E-state index contributed by atoms with van der Waals surface area (Å²) in [6.45, 7) is 0. The molecule has 258 valence electrons. The largest absolute Gasteiger partial charge is 0.310 e.